The molecule has 1 saturated heterocycles. The highest BCUT2D eigenvalue weighted by Crippen LogP contribution is 2.26. The molecule has 5 heteroatoms. The second-order valence-corrected chi connectivity index (χ2v) is 6.38. The van der Waals surface area contributed by atoms with Crippen LogP contribution in [0.1, 0.15) is 50.8 Å². The van der Waals surface area contributed by atoms with E-state index in [1.54, 1.807) is 4.90 Å². The number of anilines is 1. The standard InChI is InChI=1S/C19H29N3O2/c1-5-14-10-15(6-2)18(16(7-3)11-14)21-19(24)22-9-8-17(23)20-12-13(22)4/h10-11,13H,5-9,12H2,1-4H3,(H,20,23)(H,21,24)/t13-/m1/s1. The molecule has 0 aromatic heterocycles. The highest BCUT2D eigenvalue weighted by atomic mass is 16.2. The molecule has 0 bridgehead atoms. The number of hydrogen-bond acceptors (Lipinski definition) is 2. The summed E-state index contributed by atoms with van der Waals surface area (Å²) < 4.78 is 0. The van der Waals surface area contributed by atoms with Crippen LogP contribution in [-0.2, 0) is 24.1 Å². The Morgan fingerprint density at radius 1 is 1.21 bits per heavy atom. The van der Waals surface area contributed by atoms with Crippen molar-refractivity contribution < 1.29 is 9.59 Å². The Hall–Kier alpha value is -2.04. The third-order valence-corrected chi connectivity index (χ3v) is 4.73. The van der Waals surface area contributed by atoms with Crippen LogP contribution in [0, 0.1) is 0 Å². The van der Waals surface area contributed by atoms with Crippen molar-refractivity contribution in [1.82, 2.24) is 10.2 Å². The number of carbonyl (C=O) groups is 2. The Bertz CT molecular complexity index is 588. The average molecular weight is 331 g/mol. The topological polar surface area (TPSA) is 61.4 Å². The number of amides is 3. The summed E-state index contributed by atoms with van der Waals surface area (Å²) in [4.78, 5) is 26.1. The largest absolute Gasteiger partial charge is 0.354 e. The van der Waals surface area contributed by atoms with Crippen molar-refractivity contribution in [3.05, 3.63) is 28.8 Å². The summed E-state index contributed by atoms with van der Waals surface area (Å²) in [6, 6.07) is 4.24. The van der Waals surface area contributed by atoms with E-state index in [1.807, 2.05) is 6.92 Å². The first-order chi connectivity index (χ1) is 11.5. The van der Waals surface area contributed by atoms with Gasteiger partial charge in [-0.05, 0) is 42.9 Å². The minimum absolute atomic E-state index is 0.00735. The van der Waals surface area contributed by atoms with Crippen LogP contribution in [0.2, 0.25) is 0 Å². The number of benzene rings is 1. The van der Waals surface area contributed by atoms with Crippen molar-refractivity contribution in [2.24, 2.45) is 0 Å². The molecule has 2 N–H and O–H groups in total. The fraction of sp³-hybridized carbons (Fsp3) is 0.579. The molecule has 1 fully saturated rings. The first-order valence-corrected chi connectivity index (χ1v) is 8.99. The maximum absolute atomic E-state index is 12.8. The lowest BCUT2D eigenvalue weighted by molar-refractivity contribution is -0.120. The summed E-state index contributed by atoms with van der Waals surface area (Å²) in [6.07, 6.45) is 3.11. The van der Waals surface area contributed by atoms with Gasteiger partial charge < -0.3 is 15.5 Å². The van der Waals surface area contributed by atoms with Crippen molar-refractivity contribution in [2.75, 3.05) is 18.4 Å². The molecule has 3 amide bonds. The van der Waals surface area contributed by atoms with Gasteiger partial charge in [-0.25, -0.2) is 4.79 Å². The molecule has 1 atom stereocenters. The SMILES string of the molecule is CCc1cc(CC)c(NC(=O)N2CCC(=O)NC[C@H]2C)c(CC)c1. The summed E-state index contributed by atoms with van der Waals surface area (Å²) >= 11 is 0. The quantitative estimate of drug-likeness (QED) is 0.890. The molecule has 5 nitrogen and oxygen atoms in total. The summed E-state index contributed by atoms with van der Waals surface area (Å²) in [5.41, 5.74) is 4.60. The fourth-order valence-electron chi connectivity index (χ4n) is 3.15. The Kier molecular flexibility index (Phi) is 6.23. The molecule has 2 rings (SSSR count). The minimum Gasteiger partial charge on any atom is -0.354 e. The second-order valence-electron chi connectivity index (χ2n) is 6.38. The highest BCUT2D eigenvalue weighted by Gasteiger charge is 2.25. The second kappa shape index (κ2) is 8.18. The molecule has 0 saturated carbocycles. The molecule has 0 aliphatic carbocycles. The smallest absolute Gasteiger partial charge is 0.322 e. The summed E-state index contributed by atoms with van der Waals surface area (Å²) in [5, 5.41) is 5.97. The van der Waals surface area contributed by atoms with Crippen molar-refractivity contribution in [1.29, 1.82) is 0 Å². The van der Waals surface area contributed by atoms with E-state index < -0.39 is 0 Å². The Morgan fingerprint density at radius 2 is 1.83 bits per heavy atom. The number of urea groups is 1. The van der Waals surface area contributed by atoms with Crippen molar-refractivity contribution >= 4 is 17.6 Å². The lowest BCUT2D eigenvalue weighted by Gasteiger charge is -2.28. The van der Waals surface area contributed by atoms with Gasteiger partial charge >= 0.3 is 6.03 Å². The number of rotatable bonds is 4. The van der Waals surface area contributed by atoms with E-state index in [1.165, 1.54) is 16.7 Å². The van der Waals surface area contributed by atoms with Gasteiger partial charge in [-0.15, -0.1) is 0 Å². The molecule has 1 heterocycles. The van der Waals surface area contributed by atoms with Gasteiger partial charge in [-0.2, -0.15) is 0 Å². The van der Waals surface area contributed by atoms with Gasteiger partial charge in [0, 0.05) is 31.2 Å². The molecular formula is C19H29N3O2. The van der Waals surface area contributed by atoms with Gasteiger partial charge in [0.15, 0.2) is 0 Å². The molecule has 1 aliphatic heterocycles. The Labute approximate surface area is 144 Å². The van der Waals surface area contributed by atoms with E-state index in [-0.39, 0.29) is 18.0 Å². The van der Waals surface area contributed by atoms with Gasteiger partial charge in [0.05, 0.1) is 0 Å². The van der Waals surface area contributed by atoms with Crippen molar-refractivity contribution in [3.63, 3.8) is 0 Å². The van der Waals surface area contributed by atoms with E-state index in [4.69, 9.17) is 0 Å². The summed E-state index contributed by atoms with van der Waals surface area (Å²) in [5.74, 6) is 0.00735. The number of hydrogen-bond donors (Lipinski definition) is 2. The van der Waals surface area contributed by atoms with Crippen LogP contribution in [0.5, 0.6) is 0 Å². The average Bonchev–Trinajstić information content (AvgIpc) is 2.76. The monoisotopic (exact) mass is 331 g/mol. The van der Waals surface area contributed by atoms with Crippen LogP contribution >= 0.6 is 0 Å². The van der Waals surface area contributed by atoms with E-state index in [2.05, 4.69) is 43.5 Å². The van der Waals surface area contributed by atoms with Crippen molar-refractivity contribution in [2.45, 2.75) is 59.4 Å². The zero-order chi connectivity index (χ0) is 17.7. The van der Waals surface area contributed by atoms with E-state index in [0.29, 0.717) is 19.5 Å². The lowest BCUT2D eigenvalue weighted by Crippen LogP contribution is -2.44. The minimum atomic E-state index is -0.118. The molecule has 1 aliphatic rings. The van der Waals surface area contributed by atoms with Crippen LogP contribution in [0.15, 0.2) is 12.1 Å². The zero-order valence-corrected chi connectivity index (χ0v) is 15.2. The maximum atomic E-state index is 12.8. The number of nitrogens with one attached hydrogen (secondary N) is 2. The van der Waals surface area contributed by atoms with Crippen LogP contribution < -0.4 is 10.6 Å². The molecule has 0 radical (unpaired) electrons. The third kappa shape index (κ3) is 4.08. The van der Waals surface area contributed by atoms with Crippen molar-refractivity contribution in [3.8, 4) is 0 Å². The van der Waals surface area contributed by atoms with Crippen LogP contribution in [0.25, 0.3) is 0 Å². The molecule has 1 aromatic rings. The molecular weight excluding hydrogens is 302 g/mol. The maximum Gasteiger partial charge on any atom is 0.322 e. The molecule has 0 unspecified atom stereocenters. The van der Waals surface area contributed by atoms with Crippen LogP contribution in [-0.4, -0.2) is 36.0 Å². The van der Waals surface area contributed by atoms with Gasteiger partial charge in [0.1, 0.15) is 0 Å². The molecule has 0 spiro atoms. The van der Waals surface area contributed by atoms with Gasteiger partial charge in [0.2, 0.25) is 5.91 Å². The number of aryl methyl sites for hydroxylation is 3. The first-order valence-electron chi connectivity index (χ1n) is 8.99. The highest BCUT2D eigenvalue weighted by molar-refractivity contribution is 5.92. The summed E-state index contributed by atoms with van der Waals surface area (Å²) in [7, 11) is 0. The first kappa shape index (κ1) is 18.3. The predicted molar refractivity (Wildman–Crippen MR) is 97.4 cm³/mol. The molecule has 1 aromatic carbocycles. The Balaban J connectivity index is 2.25. The molecule has 24 heavy (non-hydrogen) atoms. The lowest BCUT2D eigenvalue weighted by atomic mass is 9.98. The third-order valence-electron chi connectivity index (χ3n) is 4.73. The van der Waals surface area contributed by atoms with Crippen LogP contribution in [0.3, 0.4) is 0 Å². The van der Waals surface area contributed by atoms with E-state index >= 15 is 0 Å². The Morgan fingerprint density at radius 3 is 2.38 bits per heavy atom. The normalized spacial score (nSPS) is 18.1. The number of nitrogens with zero attached hydrogens (tertiary/aromatic N) is 1. The molecule has 132 valence electrons. The van der Waals surface area contributed by atoms with Crippen LogP contribution in [0.4, 0.5) is 10.5 Å². The zero-order valence-electron chi connectivity index (χ0n) is 15.2. The summed E-state index contributed by atoms with van der Waals surface area (Å²) in [6.45, 7) is 9.29. The van der Waals surface area contributed by atoms with Gasteiger partial charge in [-0.1, -0.05) is 32.9 Å². The van der Waals surface area contributed by atoms with E-state index in [9.17, 15) is 9.59 Å². The van der Waals surface area contributed by atoms with E-state index in [0.717, 1.165) is 24.9 Å². The van der Waals surface area contributed by atoms with Gasteiger partial charge in [0.25, 0.3) is 0 Å². The van der Waals surface area contributed by atoms with Gasteiger partial charge in [-0.3, -0.25) is 4.79 Å². The predicted octanol–water partition coefficient (Wildman–Crippen LogP) is 3.12. The number of carbonyl (C=O) groups excluding carboxylic acids is 2. The fourth-order valence-corrected chi connectivity index (χ4v) is 3.15.